The molecule has 1 aliphatic heterocycles. The molecule has 1 rings (SSSR count). The van der Waals surface area contributed by atoms with Gasteiger partial charge in [0, 0.05) is 12.5 Å². The summed E-state index contributed by atoms with van der Waals surface area (Å²) in [6, 6.07) is 0. The molecule has 0 aromatic carbocycles. The molecule has 0 spiro atoms. The van der Waals surface area contributed by atoms with Crippen molar-refractivity contribution in [3.8, 4) is 0 Å². The van der Waals surface area contributed by atoms with Crippen molar-refractivity contribution in [1.29, 1.82) is 0 Å². The van der Waals surface area contributed by atoms with Crippen molar-refractivity contribution in [3.63, 3.8) is 0 Å². The molecule has 13 heavy (non-hydrogen) atoms. The van der Waals surface area contributed by atoms with Gasteiger partial charge in [0.2, 0.25) is 0 Å². The number of ether oxygens (including phenoxy) is 1. The molecule has 0 radical (unpaired) electrons. The third-order valence-corrected chi connectivity index (χ3v) is 2.79. The van der Waals surface area contributed by atoms with Crippen LogP contribution in [0.15, 0.2) is 12.2 Å². The van der Waals surface area contributed by atoms with Gasteiger partial charge < -0.3 is 9.84 Å². The van der Waals surface area contributed by atoms with E-state index in [9.17, 15) is 5.11 Å². The lowest BCUT2D eigenvalue weighted by Gasteiger charge is -2.33. The molecule has 1 N–H and O–H groups in total. The Bertz CT molecular complexity index is 165. The SMILES string of the molecule is CC=CCCC1OCCC(O)C1C. The lowest BCUT2D eigenvalue weighted by atomic mass is 9.90. The van der Waals surface area contributed by atoms with Crippen LogP contribution in [0.4, 0.5) is 0 Å². The summed E-state index contributed by atoms with van der Waals surface area (Å²) in [5, 5.41) is 9.61. The fourth-order valence-electron chi connectivity index (χ4n) is 1.78. The first-order valence-corrected chi connectivity index (χ1v) is 5.16. The van der Waals surface area contributed by atoms with Crippen LogP contribution in [0.5, 0.6) is 0 Å². The minimum absolute atomic E-state index is 0.163. The summed E-state index contributed by atoms with van der Waals surface area (Å²) >= 11 is 0. The lowest BCUT2D eigenvalue weighted by molar-refractivity contribution is -0.0875. The van der Waals surface area contributed by atoms with E-state index >= 15 is 0 Å². The van der Waals surface area contributed by atoms with Gasteiger partial charge in [-0.25, -0.2) is 0 Å². The molecule has 1 fully saturated rings. The summed E-state index contributed by atoms with van der Waals surface area (Å²) in [5.41, 5.74) is 0. The largest absolute Gasteiger partial charge is 0.393 e. The van der Waals surface area contributed by atoms with Crippen LogP contribution in [-0.4, -0.2) is 23.9 Å². The summed E-state index contributed by atoms with van der Waals surface area (Å²) in [6.45, 7) is 4.82. The molecule has 1 heterocycles. The molecule has 3 unspecified atom stereocenters. The van der Waals surface area contributed by atoms with E-state index in [0.29, 0.717) is 12.5 Å². The Morgan fingerprint density at radius 3 is 3.00 bits per heavy atom. The monoisotopic (exact) mass is 184 g/mol. The first-order valence-electron chi connectivity index (χ1n) is 5.16. The fourth-order valence-corrected chi connectivity index (χ4v) is 1.78. The summed E-state index contributed by atoms with van der Waals surface area (Å²) in [7, 11) is 0. The summed E-state index contributed by atoms with van der Waals surface area (Å²) in [6.07, 6.45) is 7.17. The van der Waals surface area contributed by atoms with E-state index < -0.39 is 0 Å². The molecule has 0 amide bonds. The highest BCUT2D eigenvalue weighted by Gasteiger charge is 2.28. The van der Waals surface area contributed by atoms with Crippen molar-refractivity contribution in [1.82, 2.24) is 0 Å². The van der Waals surface area contributed by atoms with Crippen LogP contribution in [0.2, 0.25) is 0 Å². The molecule has 2 heteroatoms. The van der Waals surface area contributed by atoms with E-state index in [1.54, 1.807) is 0 Å². The van der Waals surface area contributed by atoms with Crippen LogP contribution in [-0.2, 0) is 4.74 Å². The molecular formula is C11H20O2. The van der Waals surface area contributed by atoms with Crippen molar-refractivity contribution >= 4 is 0 Å². The molecule has 0 aliphatic carbocycles. The Balaban J connectivity index is 2.30. The van der Waals surface area contributed by atoms with Crippen molar-refractivity contribution in [3.05, 3.63) is 12.2 Å². The highest BCUT2D eigenvalue weighted by Crippen LogP contribution is 2.24. The van der Waals surface area contributed by atoms with E-state index in [1.807, 2.05) is 6.92 Å². The van der Waals surface area contributed by atoms with Crippen LogP contribution in [0.3, 0.4) is 0 Å². The van der Waals surface area contributed by atoms with Crippen molar-refractivity contribution in [2.75, 3.05) is 6.61 Å². The topological polar surface area (TPSA) is 29.5 Å². The third kappa shape index (κ3) is 3.12. The van der Waals surface area contributed by atoms with Crippen LogP contribution >= 0.6 is 0 Å². The number of hydrogen-bond acceptors (Lipinski definition) is 2. The van der Waals surface area contributed by atoms with E-state index in [1.165, 1.54) is 0 Å². The molecule has 76 valence electrons. The van der Waals surface area contributed by atoms with Crippen molar-refractivity contribution < 1.29 is 9.84 Å². The van der Waals surface area contributed by atoms with E-state index in [4.69, 9.17) is 4.74 Å². The van der Waals surface area contributed by atoms with Crippen molar-refractivity contribution in [2.45, 2.75) is 45.3 Å². The number of hydrogen-bond donors (Lipinski definition) is 1. The minimum atomic E-state index is -0.163. The third-order valence-electron chi connectivity index (χ3n) is 2.79. The standard InChI is InChI=1S/C11H20O2/c1-3-4-5-6-11-9(2)10(12)7-8-13-11/h3-4,9-12H,5-8H2,1-2H3. The van der Waals surface area contributed by atoms with Gasteiger partial charge in [0.05, 0.1) is 12.2 Å². The Morgan fingerprint density at radius 2 is 2.31 bits per heavy atom. The predicted octanol–water partition coefficient (Wildman–Crippen LogP) is 2.13. The van der Waals surface area contributed by atoms with Gasteiger partial charge in [0.1, 0.15) is 0 Å². The van der Waals surface area contributed by atoms with Gasteiger partial charge in [-0.05, 0) is 26.2 Å². The Labute approximate surface area is 80.6 Å². The molecule has 2 nitrogen and oxygen atoms in total. The Kier molecular flexibility index (Phi) is 4.46. The van der Waals surface area contributed by atoms with Gasteiger partial charge in [-0.15, -0.1) is 0 Å². The molecule has 3 atom stereocenters. The smallest absolute Gasteiger partial charge is 0.0628 e. The van der Waals surface area contributed by atoms with Gasteiger partial charge in [-0.1, -0.05) is 19.1 Å². The molecule has 1 saturated heterocycles. The molecular weight excluding hydrogens is 164 g/mol. The first-order chi connectivity index (χ1) is 6.25. The quantitative estimate of drug-likeness (QED) is 0.681. The Hall–Kier alpha value is -0.340. The molecule has 0 saturated carbocycles. The fraction of sp³-hybridized carbons (Fsp3) is 0.818. The number of aliphatic hydroxyl groups excluding tert-OH is 1. The second kappa shape index (κ2) is 5.40. The minimum Gasteiger partial charge on any atom is -0.393 e. The maximum absolute atomic E-state index is 9.61. The highest BCUT2D eigenvalue weighted by molar-refractivity contribution is 4.83. The number of allylic oxidation sites excluding steroid dienone is 2. The summed E-state index contributed by atoms with van der Waals surface area (Å²) in [4.78, 5) is 0. The average Bonchev–Trinajstić information content (AvgIpc) is 2.13. The van der Waals surface area contributed by atoms with Gasteiger partial charge in [0.25, 0.3) is 0 Å². The average molecular weight is 184 g/mol. The van der Waals surface area contributed by atoms with Crippen LogP contribution < -0.4 is 0 Å². The van der Waals surface area contributed by atoms with Crippen LogP contribution in [0.25, 0.3) is 0 Å². The zero-order chi connectivity index (χ0) is 9.68. The number of rotatable bonds is 3. The van der Waals surface area contributed by atoms with E-state index in [-0.39, 0.29) is 12.2 Å². The molecule has 0 bridgehead atoms. The zero-order valence-corrected chi connectivity index (χ0v) is 8.57. The lowest BCUT2D eigenvalue weighted by Crippen LogP contribution is -2.37. The van der Waals surface area contributed by atoms with E-state index in [2.05, 4.69) is 19.1 Å². The van der Waals surface area contributed by atoms with E-state index in [0.717, 1.165) is 19.3 Å². The summed E-state index contributed by atoms with van der Waals surface area (Å²) < 4.78 is 5.61. The maximum Gasteiger partial charge on any atom is 0.0628 e. The second-order valence-electron chi connectivity index (χ2n) is 3.77. The van der Waals surface area contributed by atoms with Gasteiger partial charge in [0.15, 0.2) is 0 Å². The van der Waals surface area contributed by atoms with Gasteiger partial charge in [-0.3, -0.25) is 0 Å². The Morgan fingerprint density at radius 1 is 1.54 bits per heavy atom. The molecule has 0 aromatic heterocycles. The van der Waals surface area contributed by atoms with Crippen LogP contribution in [0, 0.1) is 5.92 Å². The predicted molar refractivity (Wildman–Crippen MR) is 53.6 cm³/mol. The van der Waals surface area contributed by atoms with Gasteiger partial charge in [-0.2, -0.15) is 0 Å². The summed E-state index contributed by atoms with van der Waals surface area (Å²) in [5.74, 6) is 0.291. The van der Waals surface area contributed by atoms with Crippen molar-refractivity contribution in [2.24, 2.45) is 5.92 Å². The molecule has 0 aromatic rings. The highest BCUT2D eigenvalue weighted by atomic mass is 16.5. The zero-order valence-electron chi connectivity index (χ0n) is 8.57. The normalized spacial score (nSPS) is 35.5. The first kappa shape index (κ1) is 10.7. The van der Waals surface area contributed by atoms with Crippen LogP contribution in [0.1, 0.15) is 33.1 Å². The molecule has 1 aliphatic rings. The number of aliphatic hydroxyl groups is 1. The maximum atomic E-state index is 9.61. The van der Waals surface area contributed by atoms with Gasteiger partial charge >= 0.3 is 0 Å². The second-order valence-corrected chi connectivity index (χ2v) is 3.77.